The number of para-hydroxylation sites is 1. The summed E-state index contributed by atoms with van der Waals surface area (Å²) in [4.78, 5) is 2.57. The SMILES string of the molecule is CC(C)[C@@H]1C[C@@H](OC(c2ccccc2)c2ccccc2)CCN1c1ccccc1. The maximum absolute atomic E-state index is 6.80. The quantitative estimate of drug-likeness (QED) is 0.481. The molecule has 0 aliphatic carbocycles. The van der Waals surface area contributed by atoms with Gasteiger partial charge in [0.1, 0.15) is 6.10 Å². The zero-order valence-corrected chi connectivity index (χ0v) is 17.4. The van der Waals surface area contributed by atoms with Gasteiger partial charge in [0.25, 0.3) is 0 Å². The second-order valence-corrected chi connectivity index (χ2v) is 8.32. The third-order valence-corrected chi connectivity index (χ3v) is 5.99. The predicted octanol–water partition coefficient (Wildman–Crippen LogP) is 6.49. The lowest BCUT2D eigenvalue weighted by Gasteiger charge is -2.44. The Morgan fingerprint density at radius 2 is 1.28 bits per heavy atom. The molecule has 3 aromatic rings. The van der Waals surface area contributed by atoms with Crippen molar-refractivity contribution in [1.82, 2.24) is 0 Å². The Hall–Kier alpha value is -2.58. The summed E-state index contributed by atoms with van der Waals surface area (Å²) in [7, 11) is 0. The van der Waals surface area contributed by atoms with Gasteiger partial charge in [-0.15, -0.1) is 0 Å². The molecule has 150 valence electrons. The van der Waals surface area contributed by atoms with Crippen molar-refractivity contribution in [3.63, 3.8) is 0 Å². The molecular weight excluding hydrogens is 354 g/mol. The summed E-state index contributed by atoms with van der Waals surface area (Å²) in [6, 6.07) is 32.6. The highest BCUT2D eigenvalue weighted by atomic mass is 16.5. The highest BCUT2D eigenvalue weighted by Crippen LogP contribution is 2.34. The van der Waals surface area contributed by atoms with Gasteiger partial charge in [0.15, 0.2) is 0 Å². The smallest absolute Gasteiger partial charge is 0.108 e. The number of piperidine rings is 1. The minimum atomic E-state index is -0.0153. The standard InChI is InChI=1S/C27H31NO/c1-21(2)26-20-25(18-19-28(26)24-16-10-5-11-17-24)29-27(22-12-6-3-7-13-22)23-14-8-4-9-15-23/h3-17,21,25-27H,18-20H2,1-2H3/t25-,26-/m0/s1. The highest BCUT2D eigenvalue weighted by molar-refractivity contribution is 5.47. The molecule has 0 bridgehead atoms. The second kappa shape index (κ2) is 9.28. The van der Waals surface area contributed by atoms with Gasteiger partial charge < -0.3 is 9.64 Å². The molecule has 0 N–H and O–H groups in total. The molecule has 3 aromatic carbocycles. The van der Waals surface area contributed by atoms with Crippen LogP contribution in [-0.4, -0.2) is 18.7 Å². The summed E-state index contributed by atoms with van der Waals surface area (Å²) < 4.78 is 6.80. The summed E-state index contributed by atoms with van der Waals surface area (Å²) in [5.74, 6) is 0.577. The van der Waals surface area contributed by atoms with Gasteiger partial charge in [-0.3, -0.25) is 0 Å². The summed E-state index contributed by atoms with van der Waals surface area (Å²) >= 11 is 0. The van der Waals surface area contributed by atoms with E-state index in [-0.39, 0.29) is 12.2 Å². The van der Waals surface area contributed by atoms with Crippen LogP contribution in [0.4, 0.5) is 5.69 Å². The number of benzene rings is 3. The van der Waals surface area contributed by atoms with E-state index < -0.39 is 0 Å². The minimum Gasteiger partial charge on any atom is -0.368 e. The van der Waals surface area contributed by atoms with Crippen molar-refractivity contribution in [3.05, 3.63) is 102 Å². The van der Waals surface area contributed by atoms with E-state index in [9.17, 15) is 0 Å². The molecule has 2 nitrogen and oxygen atoms in total. The van der Waals surface area contributed by atoms with Crippen LogP contribution in [0.1, 0.15) is 43.9 Å². The number of nitrogens with zero attached hydrogens (tertiary/aromatic N) is 1. The summed E-state index contributed by atoms with van der Waals surface area (Å²) in [6.45, 7) is 5.69. The highest BCUT2D eigenvalue weighted by Gasteiger charge is 2.33. The van der Waals surface area contributed by atoms with Gasteiger partial charge in [0.2, 0.25) is 0 Å². The first-order chi connectivity index (χ1) is 14.2. The molecule has 4 rings (SSSR count). The van der Waals surface area contributed by atoms with Gasteiger partial charge in [-0.1, -0.05) is 92.7 Å². The molecule has 1 aliphatic rings. The van der Waals surface area contributed by atoms with E-state index in [1.807, 2.05) is 0 Å². The van der Waals surface area contributed by atoms with Crippen molar-refractivity contribution >= 4 is 5.69 Å². The monoisotopic (exact) mass is 385 g/mol. The molecular formula is C27H31NO. The van der Waals surface area contributed by atoms with Crippen molar-refractivity contribution in [2.75, 3.05) is 11.4 Å². The molecule has 0 saturated carbocycles. The van der Waals surface area contributed by atoms with Crippen LogP contribution in [0.15, 0.2) is 91.0 Å². The molecule has 0 spiro atoms. The first kappa shape index (κ1) is 19.7. The van der Waals surface area contributed by atoms with Crippen molar-refractivity contribution in [2.24, 2.45) is 5.92 Å². The molecule has 0 radical (unpaired) electrons. The number of hydrogen-bond acceptors (Lipinski definition) is 2. The number of ether oxygens (including phenoxy) is 1. The average molecular weight is 386 g/mol. The first-order valence-electron chi connectivity index (χ1n) is 10.8. The normalized spacial score (nSPS) is 19.7. The first-order valence-corrected chi connectivity index (χ1v) is 10.8. The zero-order chi connectivity index (χ0) is 20.1. The van der Waals surface area contributed by atoms with Crippen molar-refractivity contribution in [1.29, 1.82) is 0 Å². The topological polar surface area (TPSA) is 12.5 Å². The fourth-order valence-corrected chi connectivity index (χ4v) is 4.46. The molecule has 0 amide bonds. The van der Waals surface area contributed by atoms with Crippen LogP contribution < -0.4 is 4.90 Å². The van der Waals surface area contributed by atoms with Gasteiger partial charge in [0, 0.05) is 18.3 Å². The lowest BCUT2D eigenvalue weighted by Crippen LogP contribution is -2.48. The molecule has 2 heteroatoms. The fraction of sp³-hybridized carbons (Fsp3) is 0.333. The van der Waals surface area contributed by atoms with Crippen LogP contribution in [0.25, 0.3) is 0 Å². The van der Waals surface area contributed by atoms with Crippen LogP contribution in [0.2, 0.25) is 0 Å². The second-order valence-electron chi connectivity index (χ2n) is 8.32. The van der Waals surface area contributed by atoms with E-state index in [2.05, 4.69) is 110 Å². The Kier molecular flexibility index (Phi) is 6.31. The third kappa shape index (κ3) is 4.71. The van der Waals surface area contributed by atoms with Crippen LogP contribution in [0.3, 0.4) is 0 Å². The summed E-state index contributed by atoms with van der Waals surface area (Å²) in [5, 5.41) is 0. The van der Waals surface area contributed by atoms with E-state index in [0.717, 1.165) is 19.4 Å². The lowest BCUT2D eigenvalue weighted by atomic mass is 9.90. The Labute approximate surface area is 175 Å². The Morgan fingerprint density at radius 1 is 0.759 bits per heavy atom. The molecule has 29 heavy (non-hydrogen) atoms. The fourth-order valence-electron chi connectivity index (χ4n) is 4.46. The van der Waals surface area contributed by atoms with Gasteiger partial charge in [0.05, 0.1) is 6.10 Å². The van der Waals surface area contributed by atoms with Crippen molar-refractivity contribution in [3.8, 4) is 0 Å². The molecule has 1 aliphatic heterocycles. The van der Waals surface area contributed by atoms with Gasteiger partial charge in [-0.2, -0.15) is 0 Å². The maximum Gasteiger partial charge on any atom is 0.108 e. The van der Waals surface area contributed by atoms with Crippen LogP contribution >= 0.6 is 0 Å². The third-order valence-electron chi connectivity index (χ3n) is 5.99. The molecule has 0 unspecified atom stereocenters. The van der Waals surface area contributed by atoms with Gasteiger partial charge >= 0.3 is 0 Å². The number of hydrogen-bond donors (Lipinski definition) is 0. The molecule has 1 fully saturated rings. The maximum atomic E-state index is 6.80. The van der Waals surface area contributed by atoms with Crippen LogP contribution in [0, 0.1) is 5.92 Å². The predicted molar refractivity (Wildman–Crippen MR) is 121 cm³/mol. The molecule has 1 saturated heterocycles. The van der Waals surface area contributed by atoms with E-state index in [1.54, 1.807) is 0 Å². The van der Waals surface area contributed by atoms with E-state index in [4.69, 9.17) is 4.74 Å². The minimum absolute atomic E-state index is 0.0153. The Balaban J connectivity index is 1.55. The van der Waals surface area contributed by atoms with E-state index in [1.165, 1.54) is 16.8 Å². The molecule has 0 aromatic heterocycles. The number of anilines is 1. The van der Waals surface area contributed by atoms with Gasteiger partial charge in [-0.25, -0.2) is 0 Å². The number of rotatable bonds is 6. The van der Waals surface area contributed by atoms with E-state index in [0.29, 0.717) is 12.0 Å². The van der Waals surface area contributed by atoms with Crippen LogP contribution in [-0.2, 0) is 4.74 Å². The van der Waals surface area contributed by atoms with Crippen LogP contribution in [0.5, 0.6) is 0 Å². The van der Waals surface area contributed by atoms with E-state index >= 15 is 0 Å². The van der Waals surface area contributed by atoms with Crippen molar-refractivity contribution in [2.45, 2.75) is 44.9 Å². The average Bonchev–Trinajstić information content (AvgIpc) is 2.79. The summed E-state index contributed by atoms with van der Waals surface area (Å²) in [5.41, 5.74) is 3.78. The largest absolute Gasteiger partial charge is 0.368 e. The summed E-state index contributed by atoms with van der Waals surface area (Å²) in [6.07, 6.45) is 2.35. The van der Waals surface area contributed by atoms with Crippen molar-refractivity contribution < 1.29 is 4.74 Å². The Bertz CT molecular complexity index is 823. The molecule has 2 atom stereocenters. The Morgan fingerprint density at radius 3 is 1.79 bits per heavy atom. The van der Waals surface area contributed by atoms with Gasteiger partial charge in [-0.05, 0) is 42.0 Å². The lowest BCUT2D eigenvalue weighted by molar-refractivity contribution is -0.0152. The molecule has 1 heterocycles. The zero-order valence-electron chi connectivity index (χ0n) is 17.4.